The van der Waals surface area contributed by atoms with Crippen molar-refractivity contribution in [3.8, 4) is 0 Å². The molecule has 0 aliphatic rings. The van der Waals surface area contributed by atoms with Gasteiger partial charge in [0.15, 0.2) is 0 Å². The number of pyridine rings is 1. The minimum atomic E-state index is -0.610. The van der Waals surface area contributed by atoms with Gasteiger partial charge >= 0.3 is 0 Å². The van der Waals surface area contributed by atoms with Gasteiger partial charge < -0.3 is 5.32 Å². The molecule has 0 unspecified atom stereocenters. The molecule has 2 aromatic rings. The summed E-state index contributed by atoms with van der Waals surface area (Å²) in [5.41, 5.74) is 1.14. The van der Waals surface area contributed by atoms with Gasteiger partial charge in [0.1, 0.15) is 5.82 Å². The van der Waals surface area contributed by atoms with Gasteiger partial charge in [0.05, 0.1) is 16.7 Å². The van der Waals surface area contributed by atoms with E-state index in [1.54, 1.807) is 6.20 Å². The summed E-state index contributed by atoms with van der Waals surface area (Å²) in [7, 11) is 0. The van der Waals surface area contributed by atoms with Crippen molar-refractivity contribution in [2.45, 2.75) is 19.5 Å². The van der Waals surface area contributed by atoms with Crippen LogP contribution in [0.25, 0.3) is 0 Å². The van der Waals surface area contributed by atoms with Gasteiger partial charge in [-0.05, 0) is 30.7 Å². The monoisotopic (exact) mass is 275 g/mol. The number of aromatic nitrogens is 1. The lowest BCUT2D eigenvalue weighted by Gasteiger charge is -2.13. The first-order valence-corrected chi connectivity index (χ1v) is 6.14. The molecule has 104 valence electrons. The predicted molar refractivity (Wildman–Crippen MR) is 72.5 cm³/mol. The summed E-state index contributed by atoms with van der Waals surface area (Å²) in [6.07, 6.45) is 1.69. The zero-order valence-corrected chi connectivity index (χ0v) is 10.9. The van der Waals surface area contributed by atoms with Crippen LogP contribution in [-0.4, -0.2) is 9.91 Å². The molecule has 1 aromatic heterocycles. The molecule has 0 aliphatic carbocycles. The molecular formula is C14H14FN3O2. The first kappa shape index (κ1) is 14.1. The molecule has 0 bridgehead atoms. The SMILES string of the molecule is C[C@@H](NCc1cc(F)cc([N+](=O)[O-])c1)c1ccccn1. The van der Waals surface area contributed by atoms with E-state index < -0.39 is 10.7 Å². The molecular weight excluding hydrogens is 261 g/mol. The Morgan fingerprint density at radius 3 is 2.85 bits per heavy atom. The summed E-state index contributed by atoms with van der Waals surface area (Å²) >= 11 is 0. The Morgan fingerprint density at radius 2 is 2.20 bits per heavy atom. The Balaban J connectivity index is 2.06. The molecule has 2 rings (SSSR count). The summed E-state index contributed by atoms with van der Waals surface area (Å²) in [4.78, 5) is 14.3. The van der Waals surface area contributed by atoms with Crippen molar-refractivity contribution in [3.63, 3.8) is 0 Å². The molecule has 0 saturated carbocycles. The normalized spacial score (nSPS) is 12.1. The van der Waals surface area contributed by atoms with Crippen molar-refractivity contribution >= 4 is 5.69 Å². The van der Waals surface area contributed by atoms with Gasteiger partial charge in [-0.15, -0.1) is 0 Å². The maximum Gasteiger partial charge on any atom is 0.272 e. The average Bonchev–Trinajstić information content (AvgIpc) is 2.45. The van der Waals surface area contributed by atoms with Gasteiger partial charge in [0, 0.05) is 24.8 Å². The van der Waals surface area contributed by atoms with E-state index >= 15 is 0 Å². The fourth-order valence-corrected chi connectivity index (χ4v) is 1.85. The minimum Gasteiger partial charge on any atom is -0.305 e. The summed E-state index contributed by atoms with van der Waals surface area (Å²) in [6.45, 7) is 2.26. The Labute approximate surface area is 115 Å². The highest BCUT2D eigenvalue weighted by Gasteiger charge is 2.11. The molecule has 20 heavy (non-hydrogen) atoms. The second-order valence-electron chi connectivity index (χ2n) is 4.43. The summed E-state index contributed by atoms with van der Waals surface area (Å²) < 4.78 is 13.3. The molecule has 0 saturated heterocycles. The van der Waals surface area contributed by atoms with E-state index in [0.717, 1.165) is 11.8 Å². The number of hydrogen-bond donors (Lipinski definition) is 1. The van der Waals surface area contributed by atoms with Crippen molar-refractivity contribution in [1.82, 2.24) is 10.3 Å². The smallest absolute Gasteiger partial charge is 0.272 e. The zero-order chi connectivity index (χ0) is 14.5. The number of halogens is 1. The lowest BCUT2D eigenvalue weighted by atomic mass is 10.1. The molecule has 0 fully saturated rings. The van der Waals surface area contributed by atoms with E-state index in [2.05, 4.69) is 10.3 Å². The number of benzene rings is 1. The van der Waals surface area contributed by atoms with Crippen molar-refractivity contribution in [2.24, 2.45) is 0 Å². The maximum atomic E-state index is 13.3. The Morgan fingerprint density at radius 1 is 1.40 bits per heavy atom. The van der Waals surface area contributed by atoms with Gasteiger partial charge in [-0.25, -0.2) is 4.39 Å². The Hall–Kier alpha value is -2.34. The van der Waals surface area contributed by atoms with Crippen LogP contribution in [0.2, 0.25) is 0 Å². The van der Waals surface area contributed by atoms with Crippen molar-refractivity contribution in [3.05, 3.63) is 69.8 Å². The molecule has 0 amide bonds. The lowest BCUT2D eigenvalue weighted by Crippen LogP contribution is -2.19. The number of hydrogen-bond acceptors (Lipinski definition) is 4. The molecule has 5 nitrogen and oxygen atoms in total. The second-order valence-corrected chi connectivity index (χ2v) is 4.43. The van der Waals surface area contributed by atoms with E-state index in [0.29, 0.717) is 12.1 Å². The third-order valence-corrected chi connectivity index (χ3v) is 2.90. The summed E-state index contributed by atoms with van der Waals surface area (Å²) in [5, 5.41) is 13.8. The Kier molecular flexibility index (Phi) is 4.37. The molecule has 0 aliphatic heterocycles. The maximum absolute atomic E-state index is 13.3. The van der Waals surface area contributed by atoms with E-state index in [1.807, 2.05) is 25.1 Å². The number of nitro groups is 1. The molecule has 0 radical (unpaired) electrons. The summed E-state index contributed by atoms with van der Waals surface area (Å²) in [6, 6.07) is 9.11. The number of nitro benzene ring substituents is 1. The van der Waals surface area contributed by atoms with Crippen molar-refractivity contribution < 1.29 is 9.31 Å². The molecule has 0 spiro atoms. The summed E-state index contributed by atoms with van der Waals surface area (Å²) in [5.74, 6) is -0.610. The molecule has 1 atom stereocenters. The standard InChI is InChI=1S/C14H14FN3O2/c1-10(14-4-2-3-5-16-14)17-9-11-6-12(15)8-13(7-11)18(19)20/h2-8,10,17H,9H2,1H3/t10-/m1/s1. The van der Waals surface area contributed by atoms with Crippen LogP contribution in [0.4, 0.5) is 10.1 Å². The quantitative estimate of drug-likeness (QED) is 0.672. The first-order chi connectivity index (χ1) is 9.56. The van der Waals surface area contributed by atoms with Gasteiger partial charge in [-0.1, -0.05) is 6.07 Å². The van der Waals surface area contributed by atoms with Crippen LogP contribution in [0.15, 0.2) is 42.6 Å². The number of rotatable bonds is 5. The molecule has 1 heterocycles. The highest BCUT2D eigenvalue weighted by Crippen LogP contribution is 2.17. The van der Waals surface area contributed by atoms with Gasteiger partial charge in [0.25, 0.3) is 5.69 Å². The van der Waals surface area contributed by atoms with Gasteiger partial charge in [-0.2, -0.15) is 0 Å². The number of nitrogens with one attached hydrogen (secondary N) is 1. The third-order valence-electron chi connectivity index (χ3n) is 2.90. The van der Waals surface area contributed by atoms with Crippen LogP contribution >= 0.6 is 0 Å². The van der Waals surface area contributed by atoms with Crippen molar-refractivity contribution in [2.75, 3.05) is 0 Å². The number of non-ortho nitro benzene ring substituents is 1. The third kappa shape index (κ3) is 3.58. The predicted octanol–water partition coefficient (Wildman–Crippen LogP) is 2.98. The van der Waals surface area contributed by atoms with E-state index in [-0.39, 0.29) is 11.7 Å². The highest BCUT2D eigenvalue weighted by molar-refractivity contribution is 5.35. The van der Waals surface area contributed by atoms with E-state index in [4.69, 9.17) is 0 Å². The fourth-order valence-electron chi connectivity index (χ4n) is 1.85. The van der Waals surface area contributed by atoms with Crippen LogP contribution in [0.5, 0.6) is 0 Å². The lowest BCUT2D eigenvalue weighted by molar-refractivity contribution is -0.385. The molecule has 6 heteroatoms. The van der Waals surface area contributed by atoms with Gasteiger partial charge in [-0.3, -0.25) is 15.1 Å². The van der Waals surface area contributed by atoms with Crippen LogP contribution in [-0.2, 0) is 6.54 Å². The average molecular weight is 275 g/mol. The zero-order valence-electron chi connectivity index (χ0n) is 10.9. The van der Waals surface area contributed by atoms with Crippen LogP contribution < -0.4 is 5.32 Å². The number of nitrogens with zero attached hydrogens (tertiary/aromatic N) is 2. The molecule has 1 aromatic carbocycles. The second kappa shape index (κ2) is 6.21. The highest BCUT2D eigenvalue weighted by atomic mass is 19.1. The first-order valence-electron chi connectivity index (χ1n) is 6.14. The van der Waals surface area contributed by atoms with Crippen LogP contribution in [0.3, 0.4) is 0 Å². The van der Waals surface area contributed by atoms with Crippen molar-refractivity contribution in [1.29, 1.82) is 0 Å². The minimum absolute atomic E-state index is 0.0291. The van der Waals surface area contributed by atoms with Crippen LogP contribution in [0.1, 0.15) is 24.2 Å². The van der Waals surface area contributed by atoms with Crippen LogP contribution in [0, 0.1) is 15.9 Å². The fraction of sp³-hybridized carbons (Fsp3) is 0.214. The van der Waals surface area contributed by atoms with E-state index in [1.165, 1.54) is 12.1 Å². The van der Waals surface area contributed by atoms with E-state index in [9.17, 15) is 14.5 Å². The Bertz CT molecular complexity index is 605. The van der Waals surface area contributed by atoms with Gasteiger partial charge in [0.2, 0.25) is 0 Å². The molecule has 1 N–H and O–H groups in total. The largest absolute Gasteiger partial charge is 0.305 e. The topological polar surface area (TPSA) is 68.1 Å².